The van der Waals surface area contributed by atoms with E-state index in [0.29, 0.717) is 31.5 Å². The third kappa shape index (κ3) is 4.11. The van der Waals surface area contributed by atoms with Crippen LogP contribution in [-0.4, -0.2) is 64.1 Å². The van der Waals surface area contributed by atoms with Gasteiger partial charge in [0.05, 0.1) is 5.56 Å². The molecule has 2 aliphatic rings. The van der Waals surface area contributed by atoms with Gasteiger partial charge in [0.2, 0.25) is 0 Å². The van der Waals surface area contributed by atoms with Crippen molar-refractivity contribution in [3.05, 3.63) is 71.9 Å². The Balaban J connectivity index is 1.22. The van der Waals surface area contributed by atoms with Crippen molar-refractivity contribution in [2.45, 2.75) is 31.5 Å². The molecule has 34 heavy (non-hydrogen) atoms. The molecule has 8 nitrogen and oxygen atoms in total. The third-order valence-corrected chi connectivity index (χ3v) is 6.68. The summed E-state index contributed by atoms with van der Waals surface area (Å²) in [7, 11) is 1.93. The smallest absolute Gasteiger partial charge is 0.410 e. The molecule has 2 fully saturated rings. The van der Waals surface area contributed by atoms with Gasteiger partial charge < -0.3 is 18.9 Å². The minimum Gasteiger partial charge on any atom is -0.459 e. The molecule has 3 heterocycles. The quantitative estimate of drug-likeness (QED) is 0.545. The summed E-state index contributed by atoms with van der Waals surface area (Å²) in [6, 6.07) is 16.3. The van der Waals surface area contributed by atoms with Gasteiger partial charge in [0.1, 0.15) is 13.2 Å². The van der Waals surface area contributed by atoms with E-state index in [1.165, 1.54) is 4.90 Å². The van der Waals surface area contributed by atoms with Crippen LogP contribution >= 0.6 is 0 Å². The summed E-state index contributed by atoms with van der Waals surface area (Å²) in [4.78, 5) is 41.8. The van der Waals surface area contributed by atoms with Gasteiger partial charge in [-0.3, -0.25) is 9.69 Å². The van der Waals surface area contributed by atoms with Crippen LogP contribution in [0.25, 0.3) is 10.9 Å². The van der Waals surface area contributed by atoms with E-state index in [1.54, 1.807) is 0 Å². The van der Waals surface area contributed by atoms with Crippen LogP contribution in [0.5, 0.6) is 0 Å². The Kier molecular flexibility index (Phi) is 5.96. The summed E-state index contributed by atoms with van der Waals surface area (Å²) < 4.78 is 12.6. The van der Waals surface area contributed by atoms with E-state index in [4.69, 9.17) is 9.47 Å². The van der Waals surface area contributed by atoms with Gasteiger partial charge in [-0.2, -0.15) is 0 Å². The van der Waals surface area contributed by atoms with Gasteiger partial charge in [0, 0.05) is 43.3 Å². The molecule has 0 spiro atoms. The van der Waals surface area contributed by atoms with Crippen molar-refractivity contribution in [2.24, 2.45) is 7.05 Å². The first-order valence-electron chi connectivity index (χ1n) is 11.5. The van der Waals surface area contributed by atoms with Gasteiger partial charge in [0.15, 0.2) is 6.04 Å². The average Bonchev–Trinajstić information content (AvgIpc) is 3.43. The lowest BCUT2D eigenvalue weighted by Crippen LogP contribution is -2.52. The first kappa shape index (κ1) is 22.0. The normalized spacial score (nSPS) is 18.9. The highest BCUT2D eigenvalue weighted by Crippen LogP contribution is 2.27. The maximum atomic E-state index is 13.2. The van der Waals surface area contributed by atoms with Gasteiger partial charge in [-0.05, 0) is 24.5 Å². The van der Waals surface area contributed by atoms with Crippen LogP contribution in [0.15, 0.2) is 60.8 Å². The number of ether oxygens (including phenoxy) is 2. The Morgan fingerprint density at radius 2 is 1.74 bits per heavy atom. The standard InChI is InChI=1S/C26H27N3O5/c1-27-15-21(20-9-5-6-10-22(20)27)24(30)28-13-11-19(12-14-28)29-23(17-34-26(29)32)25(31)33-16-18-7-3-2-4-8-18/h2-10,15,19,23H,11-14,16-17H2,1H3/t23-/m0/s1. The summed E-state index contributed by atoms with van der Waals surface area (Å²) in [5.41, 5.74) is 2.57. The van der Waals surface area contributed by atoms with Crippen molar-refractivity contribution in [1.82, 2.24) is 14.4 Å². The molecule has 1 atom stereocenters. The molecule has 1 aromatic heterocycles. The van der Waals surface area contributed by atoms with E-state index in [9.17, 15) is 14.4 Å². The Morgan fingerprint density at radius 3 is 2.50 bits per heavy atom. The van der Waals surface area contributed by atoms with Crippen LogP contribution in [0.1, 0.15) is 28.8 Å². The molecule has 2 aliphatic heterocycles. The summed E-state index contributed by atoms with van der Waals surface area (Å²) >= 11 is 0. The minimum absolute atomic E-state index is 0.0123. The molecule has 3 aromatic rings. The number of para-hydroxylation sites is 1. The summed E-state index contributed by atoms with van der Waals surface area (Å²) in [5, 5.41) is 0.932. The van der Waals surface area contributed by atoms with Crippen LogP contribution in [0, 0.1) is 0 Å². The zero-order chi connectivity index (χ0) is 23.7. The van der Waals surface area contributed by atoms with Crippen molar-refractivity contribution in [2.75, 3.05) is 19.7 Å². The fourth-order valence-electron chi connectivity index (χ4n) is 4.87. The SMILES string of the molecule is Cn1cc(C(=O)N2CCC(N3C(=O)OC[C@H]3C(=O)OCc3ccccc3)CC2)c2ccccc21. The molecule has 0 bridgehead atoms. The monoisotopic (exact) mass is 461 g/mol. The number of hydrogen-bond acceptors (Lipinski definition) is 5. The van der Waals surface area contributed by atoms with E-state index in [2.05, 4.69) is 0 Å². The highest BCUT2D eigenvalue weighted by Gasteiger charge is 2.44. The number of esters is 1. The van der Waals surface area contributed by atoms with Crippen molar-refractivity contribution in [3.8, 4) is 0 Å². The van der Waals surface area contributed by atoms with Crippen molar-refractivity contribution in [1.29, 1.82) is 0 Å². The second-order valence-corrected chi connectivity index (χ2v) is 8.79. The molecular weight excluding hydrogens is 434 g/mol. The number of benzene rings is 2. The van der Waals surface area contributed by atoms with Gasteiger partial charge in [-0.15, -0.1) is 0 Å². The number of amides is 2. The Labute approximate surface area is 197 Å². The maximum absolute atomic E-state index is 13.2. The number of carbonyl (C=O) groups is 3. The number of carbonyl (C=O) groups excluding carboxylic acids is 3. The molecule has 0 N–H and O–H groups in total. The van der Waals surface area contributed by atoms with Crippen molar-refractivity contribution >= 4 is 28.9 Å². The first-order valence-corrected chi connectivity index (χ1v) is 11.5. The van der Waals surface area contributed by atoms with Crippen molar-refractivity contribution in [3.63, 3.8) is 0 Å². The minimum atomic E-state index is -0.762. The Bertz CT molecular complexity index is 1210. The van der Waals surface area contributed by atoms with Crippen LogP contribution in [0.4, 0.5) is 4.79 Å². The Hall–Kier alpha value is -3.81. The molecule has 8 heteroatoms. The van der Waals surface area contributed by atoms with Gasteiger partial charge in [0.25, 0.3) is 5.91 Å². The van der Waals surface area contributed by atoms with Gasteiger partial charge in [-0.25, -0.2) is 9.59 Å². The van der Waals surface area contributed by atoms with E-state index in [-0.39, 0.29) is 25.2 Å². The fraction of sp³-hybridized carbons (Fsp3) is 0.346. The molecule has 0 saturated carbocycles. The molecule has 5 rings (SSSR count). The van der Waals surface area contributed by atoms with Crippen LogP contribution in [0.2, 0.25) is 0 Å². The average molecular weight is 462 g/mol. The number of cyclic esters (lactones) is 1. The molecule has 2 amide bonds. The largest absolute Gasteiger partial charge is 0.459 e. The number of fused-ring (bicyclic) bond motifs is 1. The lowest BCUT2D eigenvalue weighted by Gasteiger charge is -2.37. The molecule has 176 valence electrons. The molecule has 0 radical (unpaired) electrons. The highest BCUT2D eigenvalue weighted by molar-refractivity contribution is 6.07. The summed E-state index contributed by atoms with van der Waals surface area (Å²) in [5.74, 6) is -0.484. The third-order valence-electron chi connectivity index (χ3n) is 6.68. The molecule has 2 aromatic carbocycles. The maximum Gasteiger partial charge on any atom is 0.410 e. The Morgan fingerprint density at radius 1 is 1.03 bits per heavy atom. The topological polar surface area (TPSA) is 81.1 Å². The van der Waals surface area contributed by atoms with Crippen LogP contribution < -0.4 is 0 Å². The van der Waals surface area contributed by atoms with E-state index >= 15 is 0 Å². The van der Waals surface area contributed by atoms with Crippen molar-refractivity contribution < 1.29 is 23.9 Å². The number of hydrogen-bond donors (Lipinski definition) is 0. The lowest BCUT2D eigenvalue weighted by molar-refractivity contribution is -0.150. The first-order chi connectivity index (χ1) is 16.5. The number of likely N-dealkylation sites (tertiary alicyclic amines) is 1. The number of aryl methyl sites for hydroxylation is 1. The fourth-order valence-corrected chi connectivity index (χ4v) is 4.87. The van der Waals surface area contributed by atoms with Crippen LogP contribution in [-0.2, 0) is 27.9 Å². The predicted molar refractivity (Wildman–Crippen MR) is 125 cm³/mol. The zero-order valence-electron chi connectivity index (χ0n) is 19.1. The number of nitrogens with zero attached hydrogens (tertiary/aromatic N) is 3. The number of rotatable bonds is 5. The summed E-state index contributed by atoms with van der Waals surface area (Å²) in [6.45, 7) is 1.14. The van der Waals surface area contributed by atoms with E-state index in [1.807, 2.05) is 77.3 Å². The van der Waals surface area contributed by atoms with Gasteiger partial charge >= 0.3 is 12.1 Å². The molecule has 0 unspecified atom stereocenters. The number of piperidine rings is 1. The van der Waals surface area contributed by atoms with E-state index in [0.717, 1.165) is 16.5 Å². The van der Waals surface area contributed by atoms with Crippen LogP contribution in [0.3, 0.4) is 0 Å². The second kappa shape index (κ2) is 9.21. The number of aromatic nitrogens is 1. The highest BCUT2D eigenvalue weighted by atomic mass is 16.6. The second-order valence-electron chi connectivity index (χ2n) is 8.79. The molecular formula is C26H27N3O5. The lowest BCUT2D eigenvalue weighted by atomic mass is 10.0. The molecule has 0 aliphatic carbocycles. The summed E-state index contributed by atoms with van der Waals surface area (Å²) in [6.07, 6.45) is 2.53. The predicted octanol–water partition coefficient (Wildman–Crippen LogP) is 3.35. The van der Waals surface area contributed by atoms with Gasteiger partial charge in [-0.1, -0.05) is 48.5 Å². The van der Waals surface area contributed by atoms with E-state index < -0.39 is 18.1 Å². The molecule has 2 saturated heterocycles. The zero-order valence-corrected chi connectivity index (χ0v) is 19.1.